The fourth-order valence-corrected chi connectivity index (χ4v) is 1.24. The van der Waals surface area contributed by atoms with E-state index in [1.165, 1.54) is 7.11 Å². The molecular formula is C11H22N2O4. The largest absolute Gasteiger partial charge is 0.480 e. The Hall–Kier alpha value is -1.30. The molecule has 0 aliphatic heterocycles. The molecule has 6 nitrogen and oxygen atoms in total. The predicted octanol–water partition coefficient (Wildman–Crippen LogP) is 0.820. The highest BCUT2D eigenvalue weighted by Crippen LogP contribution is 2.06. The van der Waals surface area contributed by atoms with Crippen LogP contribution in [0.5, 0.6) is 0 Å². The summed E-state index contributed by atoms with van der Waals surface area (Å²) < 4.78 is 4.72. The van der Waals surface area contributed by atoms with Crippen LogP contribution in [-0.4, -0.2) is 42.9 Å². The molecule has 17 heavy (non-hydrogen) atoms. The molecule has 0 radical (unpaired) electrons. The van der Waals surface area contributed by atoms with Crippen LogP contribution >= 0.6 is 0 Å². The molecule has 0 spiro atoms. The summed E-state index contributed by atoms with van der Waals surface area (Å²) in [6.07, 6.45) is 0.946. The van der Waals surface area contributed by atoms with Gasteiger partial charge in [0.1, 0.15) is 0 Å². The number of methoxy groups -OCH3 is 1. The average Bonchev–Trinajstić information content (AvgIpc) is 2.26. The number of carboxylic acids is 1. The van der Waals surface area contributed by atoms with E-state index in [1.54, 1.807) is 0 Å². The maximum absolute atomic E-state index is 11.5. The van der Waals surface area contributed by atoms with E-state index >= 15 is 0 Å². The van der Waals surface area contributed by atoms with Crippen molar-refractivity contribution in [1.82, 2.24) is 10.6 Å². The van der Waals surface area contributed by atoms with Crippen LogP contribution in [0.25, 0.3) is 0 Å². The van der Waals surface area contributed by atoms with Crippen LogP contribution in [0.3, 0.4) is 0 Å². The van der Waals surface area contributed by atoms with Gasteiger partial charge >= 0.3 is 12.0 Å². The van der Waals surface area contributed by atoms with E-state index in [2.05, 4.69) is 10.6 Å². The van der Waals surface area contributed by atoms with Crippen molar-refractivity contribution in [2.75, 3.05) is 13.7 Å². The quantitative estimate of drug-likeness (QED) is 0.620. The first-order valence-corrected chi connectivity index (χ1v) is 5.71. The second kappa shape index (κ2) is 7.89. The Balaban J connectivity index is 4.18. The number of amides is 2. The summed E-state index contributed by atoms with van der Waals surface area (Å²) in [5.41, 5.74) is 0. The first kappa shape index (κ1) is 15.7. The van der Waals surface area contributed by atoms with Gasteiger partial charge < -0.3 is 20.5 Å². The molecule has 0 heterocycles. The molecule has 0 aromatic heterocycles. The molecular weight excluding hydrogens is 224 g/mol. The summed E-state index contributed by atoms with van der Waals surface area (Å²) >= 11 is 0. The zero-order valence-corrected chi connectivity index (χ0v) is 10.8. The van der Waals surface area contributed by atoms with Crippen LogP contribution in [0.4, 0.5) is 4.79 Å². The molecule has 3 N–H and O–H groups in total. The Labute approximate surface area is 102 Å². The second-order valence-corrected chi connectivity index (χ2v) is 4.14. The van der Waals surface area contributed by atoms with Gasteiger partial charge in [-0.05, 0) is 12.8 Å². The number of nitrogens with one attached hydrogen (secondary N) is 2. The number of carboxylic acid groups (broad SMARTS) is 1. The summed E-state index contributed by atoms with van der Waals surface area (Å²) in [7, 11) is 1.39. The molecule has 0 aliphatic carbocycles. The molecule has 0 aromatic rings. The van der Waals surface area contributed by atoms with Crippen molar-refractivity contribution >= 4 is 12.0 Å². The minimum absolute atomic E-state index is 0.00279. The Kier molecular flexibility index (Phi) is 7.29. The molecule has 2 amide bonds. The lowest BCUT2D eigenvalue weighted by Gasteiger charge is -2.21. The number of hydrogen-bond acceptors (Lipinski definition) is 3. The van der Waals surface area contributed by atoms with Gasteiger partial charge in [0.05, 0.1) is 6.61 Å². The van der Waals surface area contributed by atoms with Gasteiger partial charge in [-0.2, -0.15) is 0 Å². The van der Waals surface area contributed by atoms with Crippen LogP contribution in [0.1, 0.15) is 27.2 Å². The number of carbonyl (C=O) groups excluding carboxylic acids is 1. The topological polar surface area (TPSA) is 87.7 Å². The Morgan fingerprint density at radius 3 is 2.29 bits per heavy atom. The minimum Gasteiger partial charge on any atom is -0.480 e. The highest BCUT2D eigenvalue weighted by atomic mass is 16.5. The molecule has 3 unspecified atom stereocenters. The molecule has 0 saturated heterocycles. The van der Waals surface area contributed by atoms with Gasteiger partial charge in [0, 0.05) is 13.2 Å². The van der Waals surface area contributed by atoms with E-state index in [1.807, 2.05) is 20.8 Å². The molecule has 0 aliphatic rings. The highest BCUT2D eigenvalue weighted by Gasteiger charge is 2.21. The van der Waals surface area contributed by atoms with Crippen molar-refractivity contribution in [2.24, 2.45) is 5.92 Å². The SMILES string of the molecule is CCC(C)C(C)NC(=O)NC(COC)C(=O)O. The fraction of sp³-hybridized carbons (Fsp3) is 0.818. The lowest BCUT2D eigenvalue weighted by atomic mass is 10.0. The monoisotopic (exact) mass is 246 g/mol. The van der Waals surface area contributed by atoms with E-state index in [4.69, 9.17) is 9.84 Å². The van der Waals surface area contributed by atoms with Crippen molar-refractivity contribution in [3.63, 3.8) is 0 Å². The van der Waals surface area contributed by atoms with Crippen molar-refractivity contribution in [3.8, 4) is 0 Å². The molecule has 0 saturated carbocycles. The number of urea groups is 1. The molecule has 100 valence electrons. The molecule has 0 rings (SSSR count). The highest BCUT2D eigenvalue weighted by molar-refractivity contribution is 5.82. The van der Waals surface area contributed by atoms with Gasteiger partial charge in [0.15, 0.2) is 6.04 Å². The van der Waals surface area contributed by atoms with E-state index < -0.39 is 18.0 Å². The smallest absolute Gasteiger partial charge is 0.328 e. The number of rotatable bonds is 7. The van der Waals surface area contributed by atoms with Gasteiger partial charge in [0.25, 0.3) is 0 Å². The Morgan fingerprint density at radius 1 is 1.29 bits per heavy atom. The third-order valence-corrected chi connectivity index (χ3v) is 2.79. The van der Waals surface area contributed by atoms with Gasteiger partial charge in [-0.3, -0.25) is 0 Å². The number of aliphatic carboxylic acids is 1. The molecule has 0 aromatic carbocycles. The van der Waals surface area contributed by atoms with Gasteiger partial charge in [-0.25, -0.2) is 9.59 Å². The summed E-state index contributed by atoms with van der Waals surface area (Å²) in [5.74, 6) is -0.773. The average molecular weight is 246 g/mol. The van der Waals surface area contributed by atoms with Gasteiger partial charge in [0.2, 0.25) is 0 Å². The third-order valence-electron chi connectivity index (χ3n) is 2.79. The number of hydrogen-bond donors (Lipinski definition) is 3. The van der Waals surface area contributed by atoms with Crippen LogP contribution in [0.2, 0.25) is 0 Å². The summed E-state index contributed by atoms with van der Waals surface area (Å²) in [6.45, 7) is 5.89. The summed E-state index contributed by atoms with van der Waals surface area (Å²) in [6, 6.07) is -1.51. The van der Waals surface area contributed by atoms with Crippen LogP contribution in [0.15, 0.2) is 0 Å². The second-order valence-electron chi connectivity index (χ2n) is 4.14. The minimum atomic E-state index is -1.11. The summed E-state index contributed by atoms with van der Waals surface area (Å²) in [5, 5.41) is 13.9. The van der Waals surface area contributed by atoms with E-state index in [9.17, 15) is 9.59 Å². The first-order valence-electron chi connectivity index (χ1n) is 5.71. The van der Waals surface area contributed by atoms with Crippen molar-refractivity contribution in [3.05, 3.63) is 0 Å². The standard InChI is InChI=1S/C11H22N2O4/c1-5-7(2)8(3)12-11(16)13-9(6-17-4)10(14)15/h7-9H,5-6H2,1-4H3,(H,14,15)(H2,12,13,16). The van der Waals surface area contributed by atoms with E-state index in [0.717, 1.165) is 6.42 Å². The van der Waals surface area contributed by atoms with E-state index in [0.29, 0.717) is 5.92 Å². The lowest BCUT2D eigenvalue weighted by molar-refractivity contribution is -0.140. The fourth-order valence-electron chi connectivity index (χ4n) is 1.24. The maximum Gasteiger partial charge on any atom is 0.328 e. The molecule has 0 fully saturated rings. The van der Waals surface area contributed by atoms with Crippen molar-refractivity contribution < 1.29 is 19.4 Å². The predicted molar refractivity (Wildman–Crippen MR) is 63.9 cm³/mol. The Bertz CT molecular complexity index is 258. The summed E-state index contributed by atoms with van der Waals surface area (Å²) in [4.78, 5) is 22.3. The molecule has 6 heteroatoms. The van der Waals surface area contributed by atoms with Crippen LogP contribution < -0.4 is 10.6 Å². The first-order chi connectivity index (χ1) is 7.92. The third kappa shape index (κ3) is 6.11. The zero-order valence-electron chi connectivity index (χ0n) is 10.8. The van der Waals surface area contributed by atoms with Crippen molar-refractivity contribution in [2.45, 2.75) is 39.3 Å². The normalized spacial score (nSPS) is 15.8. The van der Waals surface area contributed by atoms with E-state index in [-0.39, 0.29) is 12.6 Å². The van der Waals surface area contributed by atoms with Crippen LogP contribution in [0, 0.1) is 5.92 Å². The Morgan fingerprint density at radius 2 is 1.88 bits per heavy atom. The maximum atomic E-state index is 11.5. The van der Waals surface area contributed by atoms with Crippen molar-refractivity contribution in [1.29, 1.82) is 0 Å². The number of ether oxygens (including phenoxy) is 1. The van der Waals surface area contributed by atoms with Crippen LogP contribution in [-0.2, 0) is 9.53 Å². The van der Waals surface area contributed by atoms with Gasteiger partial charge in [-0.1, -0.05) is 20.3 Å². The molecule has 3 atom stereocenters. The number of carbonyl (C=O) groups is 2. The zero-order chi connectivity index (χ0) is 13.4. The van der Waals surface area contributed by atoms with Gasteiger partial charge in [-0.15, -0.1) is 0 Å². The molecule has 0 bridgehead atoms. The lowest BCUT2D eigenvalue weighted by Crippen LogP contribution is -2.51.